The molecule has 1 heterocycles. The number of nitrogen functional groups attached to an aromatic ring is 1. The van der Waals surface area contributed by atoms with E-state index in [1.807, 2.05) is 0 Å². The summed E-state index contributed by atoms with van der Waals surface area (Å²) in [7, 11) is 3.33. The Balaban J connectivity index is 2.69. The third-order valence-electron chi connectivity index (χ3n) is 1.78. The molecule has 0 unspecified atom stereocenters. The molecule has 0 fully saturated rings. The van der Waals surface area contributed by atoms with E-state index in [1.165, 1.54) is 11.1 Å². The second-order valence-electron chi connectivity index (χ2n) is 3.18. The molecule has 0 aromatic carbocycles. The van der Waals surface area contributed by atoms with E-state index >= 15 is 0 Å². The third kappa shape index (κ3) is 3.21. The largest absolute Gasteiger partial charge is 0.360 e. The fourth-order valence-corrected chi connectivity index (χ4v) is 1.04. The normalized spacial score (nSPS) is 9.75. The summed E-state index contributed by atoms with van der Waals surface area (Å²) >= 11 is 5.84. The summed E-state index contributed by atoms with van der Waals surface area (Å²) in [5.41, 5.74) is 2.29. The number of nitrogens with two attached hydrogens (primary N) is 1. The van der Waals surface area contributed by atoms with Crippen molar-refractivity contribution >= 4 is 29.3 Å². The van der Waals surface area contributed by atoms with E-state index in [4.69, 9.17) is 17.4 Å². The van der Waals surface area contributed by atoms with Crippen LogP contribution in [0.4, 0.5) is 11.8 Å². The van der Waals surface area contributed by atoms with Gasteiger partial charge in [-0.05, 0) is 0 Å². The van der Waals surface area contributed by atoms with Gasteiger partial charge in [0.15, 0.2) is 5.82 Å². The lowest BCUT2D eigenvalue weighted by molar-refractivity contribution is -0.126. The lowest BCUT2D eigenvalue weighted by Gasteiger charge is -2.12. The number of likely N-dealkylation sites (N-methyl/N-ethyl adjacent to an activating group) is 1. The topological polar surface area (TPSA) is 96.2 Å². The van der Waals surface area contributed by atoms with Crippen molar-refractivity contribution in [1.29, 1.82) is 0 Å². The molecule has 1 amide bonds. The predicted octanol–water partition coefficient (Wildman–Crippen LogP) is -0.0843. The summed E-state index contributed by atoms with van der Waals surface area (Å²) in [4.78, 5) is 20.5. The lowest BCUT2D eigenvalue weighted by Crippen LogP contribution is -2.29. The van der Waals surface area contributed by atoms with Crippen LogP contribution >= 0.6 is 11.6 Å². The molecule has 1 rings (SSSR count). The molecule has 4 N–H and O–H groups in total. The fourth-order valence-electron chi connectivity index (χ4n) is 0.878. The zero-order valence-corrected chi connectivity index (χ0v) is 9.75. The van der Waals surface area contributed by atoms with Crippen molar-refractivity contribution in [3.8, 4) is 0 Å². The number of nitrogens with one attached hydrogen (secondary N) is 2. The first-order chi connectivity index (χ1) is 7.54. The second-order valence-corrected chi connectivity index (χ2v) is 3.58. The SMILES string of the molecule is CN(C)C(=O)CNc1nc(NN)ncc1Cl. The molecular formula is C8H13ClN6O. The summed E-state index contributed by atoms with van der Waals surface area (Å²) in [6.07, 6.45) is 1.40. The van der Waals surface area contributed by atoms with Gasteiger partial charge in [-0.2, -0.15) is 4.98 Å². The van der Waals surface area contributed by atoms with Crippen LogP contribution in [0.15, 0.2) is 6.20 Å². The molecule has 0 aliphatic carbocycles. The quantitative estimate of drug-likeness (QED) is 0.506. The molecule has 8 heteroatoms. The van der Waals surface area contributed by atoms with Gasteiger partial charge in [0.25, 0.3) is 0 Å². The fraction of sp³-hybridized carbons (Fsp3) is 0.375. The van der Waals surface area contributed by atoms with E-state index in [1.54, 1.807) is 14.1 Å². The first kappa shape index (κ1) is 12.5. The predicted molar refractivity (Wildman–Crippen MR) is 62.0 cm³/mol. The van der Waals surface area contributed by atoms with Gasteiger partial charge in [0.05, 0.1) is 12.7 Å². The lowest BCUT2D eigenvalue weighted by atomic mass is 10.5. The van der Waals surface area contributed by atoms with E-state index < -0.39 is 0 Å². The molecule has 1 aromatic rings. The highest BCUT2D eigenvalue weighted by Crippen LogP contribution is 2.18. The first-order valence-electron chi connectivity index (χ1n) is 4.47. The molecule has 0 bridgehead atoms. The number of anilines is 2. The molecule has 88 valence electrons. The Hall–Kier alpha value is -1.60. The number of nitrogens with zero attached hydrogens (tertiary/aromatic N) is 3. The van der Waals surface area contributed by atoms with Crippen LogP contribution in [0.2, 0.25) is 5.02 Å². The number of hydrazine groups is 1. The highest BCUT2D eigenvalue weighted by atomic mass is 35.5. The van der Waals surface area contributed by atoms with Crippen LogP contribution in [0, 0.1) is 0 Å². The number of hydrogen-bond acceptors (Lipinski definition) is 6. The zero-order chi connectivity index (χ0) is 12.1. The van der Waals surface area contributed by atoms with Gasteiger partial charge in [-0.15, -0.1) is 0 Å². The number of carbonyl (C=O) groups is 1. The van der Waals surface area contributed by atoms with Gasteiger partial charge in [-0.25, -0.2) is 10.8 Å². The van der Waals surface area contributed by atoms with Crippen LogP contribution in [-0.4, -0.2) is 41.4 Å². The van der Waals surface area contributed by atoms with Crippen molar-refractivity contribution in [3.63, 3.8) is 0 Å². The van der Waals surface area contributed by atoms with E-state index in [0.717, 1.165) is 0 Å². The number of amides is 1. The van der Waals surface area contributed by atoms with Crippen LogP contribution in [0.1, 0.15) is 0 Å². The van der Waals surface area contributed by atoms with Gasteiger partial charge in [0, 0.05) is 14.1 Å². The van der Waals surface area contributed by atoms with Crippen LogP contribution in [0.25, 0.3) is 0 Å². The van der Waals surface area contributed by atoms with Crippen LogP contribution in [0.5, 0.6) is 0 Å². The Bertz CT molecular complexity index is 383. The molecule has 16 heavy (non-hydrogen) atoms. The highest BCUT2D eigenvalue weighted by Gasteiger charge is 2.08. The summed E-state index contributed by atoms with van der Waals surface area (Å²) in [5, 5.41) is 3.12. The molecular weight excluding hydrogens is 232 g/mol. The summed E-state index contributed by atoms with van der Waals surface area (Å²) < 4.78 is 0. The molecule has 1 aromatic heterocycles. The van der Waals surface area contributed by atoms with Crippen molar-refractivity contribution in [2.75, 3.05) is 31.4 Å². The molecule has 0 saturated carbocycles. The Morgan fingerprint density at radius 2 is 2.31 bits per heavy atom. The maximum atomic E-state index is 11.3. The minimum absolute atomic E-state index is 0.0862. The minimum Gasteiger partial charge on any atom is -0.360 e. The maximum Gasteiger partial charge on any atom is 0.241 e. The Kier molecular flexibility index (Phi) is 4.27. The second kappa shape index (κ2) is 5.47. The number of hydrogen-bond donors (Lipinski definition) is 3. The standard InChI is InChI=1S/C8H13ClN6O/c1-15(2)6(16)4-11-7-5(9)3-12-8(13-7)14-10/h3H,4,10H2,1-2H3,(H2,11,12,13,14). The summed E-state index contributed by atoms with van der Waals surface area (Å²) in [5.74, 6) is 5.65. The van der Waals surface area contributed by atoms with Crippen LogP contribution < -0.4 is 16.6 Å². The Labute approximate surface area is 98.0 Å². The van der Waals surface area contributed by atoms with Crippen molar-refractivity contribution < 1.29 is 4.79 Å². The van der Waals surface area contributed by atoms with Gasteiger partial charge in [0.2, 0.25) is 11.9 Å². The van der Waals surface area contributed by atoms with Gasteiger partial charge < -0.3 is 10.2 Å². The Morgan fingerprint density at radius 1 is 1.62 bits per heavy atom. The van der Waals surface area contributed by atoms with E-state index in [9.17, 15) is 4.79 Å². The smallest absolute Gasteiger partial charge is 0.241 e. The van der Waals surface area contributed by atoms with E-state index in [2.05, 4.69) is 20.7 Å². The zero-order valence-electron chi connectivity index (χ0n) is 8.99. The molecule has 0 atom stereocenters. The number of carbonyl (C=O) groups excluding carboxylic acids is 1. The van der Waals surface area contributed by atoms with E-state index in [-0.39, 0.29) is 18.4 Å². The number of rotatable bonds is 4. The monoisotopic (exact) mass is 244 g/mol. The molecule has 0 saturated heterocycles. The average Bonchev–Trinajstić information content (AvgIpc) is 2.27. The van der Waals surface area contributed by atoms with Crippen molar-refractivity contribution in [3.05, 3.63) is 11.2 Å². The van der Waals surface area contributed by atoms with Gasteiger partial charge in [-0.3, -0.25) is 10.2 Å². The van der Waals surface area contributed by atoms with Gasteiger partial charge in [-0.1, -0.05) is 11.6 Å². The van der Waals surface area contributed by atoms with Crippen molar-refractivity contribution in [2.24, 2.45) is 5.84 Å². The third-order valence-corrected chi connectivity index (χ3v) is 2.06. The maximum absolute atomic E-state index is 11.3. The molecule has 0 radical (unpaired) electrons. The number of aromatic nitrogens is 2. The molecule has 0 aliphatic heterocycles. The molecule has 0 spiro atoms. The number of halogens is 1. The summed E-state index contributed by atoms with van der Waals surface area (Å²) in [6.45, 7) is 0.105. The Morgan fingerprint density at radius 3 is 2.88 bits per heavy atom. The highest BCUT2D eigenvalue weighted by molar-refractivity contribution is 6.32. The van der Waals surface area contributed by atoms with Crippen LogP contribution in [-0.2, 0) is 4.79 Å². The van der Waals surface area contributed by atoms with E-state index in [0.29, 0.717) is 10.8 Å². The molecule has 7 nitrogen and oxygen atoms in total. The first-order valence-corrected chi connectivity index (χ1v) is 4.85. The summed E-state index contributed by atoms with van der Waals surface area (Å²) in [6, 6.07) is 0. The molecule has 0 aliphatic rings. The van der Waals surface area contributed by atoms with Gasteiger partial charge >= 0.3 is 0 Å². The van der Waals surface area contributed by atoms with Gasteiger partial charge in [0.1, 0.15) is 5.02 Å². The van der Waals surface area contributed by atoms with Crippen LogP contribution in [0.3, 0.4) is 0 Å². The van der Waals surface area contributed by atoms with Crippen molar-refractivity contribution in [2.45, 2.75) is 0 Å². The van der Waals surface area contributed by atoms with Crippen molar-refractivity contribution in [1.82, 2.24) is 14.9 Å². The average molecular weight is 245 g/mol. The minimum atomic E-state index is -0.0862.